The smallest absolute Gasteiger partial charge is 0.347 e. The summed E-state index contributed by atoms with van der Waals surface area (Å²) in [4.78, 5) is 63.9. The van der Waals surface area contributed by atoms with E-state index in [1.165, 1.54) is 26.2 Å². The predicted molar refractivity (Wildman–Crippen MR) is 128 cm³/mol. The van der Waals surface area contributed by atoms with Gasteiger partial charge in [0.25, 0.3) is 11.5 Å². The van der Waals surface area contributed by atoms with Crippen LogP contribution in [0.5, 0.6) is 0 Å². The quantitative estimate of drug-likeness (QED) is 0.428. The summed E-state index contributed by atoms with van der Waals surface area (Å²) in [5, 5.41) is 7.03. The molecule has 2 N–H and O–H groups in total. The Morgan fingerprint density at radius 3 is 2.62 bits per heavy atom. The monoisotopic (exact) mass is 538 g/mol. The number of carbonyl (C=O) groups is 3. The number of aryl methyl sites for hydroxylation is 1. The molecule has 37 heavy (non-hydrogen) atoms. The van der Waals surface area contributed by atoms with Crippen molar-refractivity contribution in [3.8, 4) is 0 Å². The van der Waals surface area contributed by atoms with E-state index in [0.29, 0.717) is 5.02 Å². The molecule has 2 heterocycles. The zero-order chi connectivity index (χ0) is 27.3. The van der Waals surface area contributed by atoms with E-state index in [9.17, 15) is 24.0 Å². The van der Waals surface area contributed by atoms with Crippen molar-refractivity contribution in [2.24, 2.45) is 0 Å². The van der Waals surface area contributed by atoms with Crippen molar-refractivity contribution < 1.29 is 33.3 Å². The first-order valence-electron chi connectivity index (χ1n) is 11.3. The fraction of sp³-hybridized carbons (Fsp3) is 0.478. The van der Waals surface area contributed by atoms with Crippen LogP contribution in [-0.4, -0.2) is 70.7 Å². The highest BCUT2D eigenvalue weighted by molar-refractivity contribution is 6.30. The Morgan fingerprint density at radius 1 is 1.27 bits per heavy atom. The van der Waals surface area contributed by atoms with Crippen LogP contribution in [0.25, 0.3) is 0 Å². The number of amides is 1. The van der Waals surface area contributed by atoms with E-state index in [4.69, 9.17) is 30.5 Å². The number of hydrogen-bond donors (Lipinski definition) is 2. The van der Waals surface area contributed by atoms with Crippen molar-refractivity contribution >= 4 is 29.4 Å². The van der Waals surface area contributed by atoms with Gasteiger partial charge in [-0.2, -0.15) is 9.78 Å². The summed E-state index contributed by atoms with van der Waals surface area (Å²) in [5.74, 6) is -1.92. The van der Waals surface area contributed by atoms with E-state index in [0.717, 1.165) is 11.6 Å². The number of aromatic amines is 1. The lowest BCUT2D eigenvalue weighted by Crippen LogP contribution is -2.51. The molecule has 1 saturated heterocycles. The molecule has 0 bridgehead atoms. The van der Waals surface area contributed by atoms with Crippen LogP contribution in [0.2, 0.25) is 5.02 Å². The summed E-state index contributed by atoms with van der Waals surface area (Å²) in [6, 6.07) is 5.10. The Bertz CT molecular complexity index is 1280. The molecule has 0 aliphatic carbocycles. The second-order valence-corrected chi connectivity index (χ2v) is 8.59. The fourth-order valence-electron chi connectivity index (χ4n) is 3.97. The van der Waals surface area contributed by atoms with E-state index in [2.05, 4.69) is 15.4 Å². The van der Waals surface area contributed by atoms with Crippen molar-refractivity contribution in [2.75, 3.05) is 13.7 Å². The minimum Gasteiger partial charge on any atom is -0.466 e. The van der Waals surface area contributed by atoms with Gasteiger partial charge in [0.2, 0.25) is 0 Å². The zero-order valence-electron chi connectivity index (χ0n) is 20.6. The molecule has 200 valence electrons. The maximum absolute atomic E-state index is 13.0. The van der Waals surface area contributed by atoms with Crippen LogP contribution in [-0.2, 0) is 28.5 Å². The number of benzene rings is 1. The SMILES string of the molecule is CCOC(=O)CC(NC(=O)c1cccc(Cl)c1)C1O[C@H](n2nc(C)c(=O)[nH]c2=O)[C@H](OC(C)=O)[C@H]1OC. The van der Waals surface area contributed by atoms with Crippen LogP contribution >= 0.6 is 11.6 Å². The molecule has 1 amide bonds. The number of rotatable bonds is 9. The first-order valence-corrected chi connectivity index (χ1v) is 11.7. The van der Waals surface area contributed by atoms with Gasteiger partial charge in [0.1, 0.15) is 17.9 Å². The van der Waals surface area contributed by atoms with Gasteiger partial charge in [0.05, 0.1) is 19.1 Å². The van der Waals surface area contributed by atoms with Crippen molar-refractivity contribution in [1.29, 1.82) is 0 Å². The zero-order valence-corrected chi connectivity index (χ0v) is 21.3. The maximum Gasteiger partial charge on any atom is 0.347 e. The highest BCUT2D eigenvalue weighted by Crippen LogP contribution is 2.35. The number of nitrogens with zero attached hydrogens (tertiary/aromatic N) is 2. The second-order valence-electron chi connectivity index (χ2n) is 8.15. The number of H-pyrrole nitrogens is 1. The first kappa shape index (κ1) is 28.0. The van der Waals surface area contributed by atoms with Crippen LogP contribution in [0, 0.1) is 6.92 Å². The molecule has 1 fully saturated rings. The fourth-order valence-corrected chi connectivity index (χ4v) is 4.16. The van der Waals surface area contributed by atoms with E-state index in [-0.39, 0.29) is 24.3 Å². The van der Waals surface area contributed by atoms with E-state index in [1.54, 1.807) is 19.1 Å². The van der Waals surface area contributed by atoms with Crippen LogP contribution in [0.3, 0.4) is 0 Å². The molecule has 2 unspecified atom stereocenters. The number of esters is 2. The average molecular weight is 539 g/mol. The number of aromatic nitrogens is 3. The summed E-state index contributed by atoms with van der Waals surface area (Å²) in [6.45, 7) is 4.26. The highest BCUT2D eigenvalue weighted by atomic mass is 35.5. The number of carbonyl (C=O) groups excluding carboxylic acids is 3. The van der Waals surface area contributed by atoms with Crippen molar-refractivity contribution in [1.82, 2.24) is 20.1 Å². The van der Waals surface area contributed by atoms with Crippen molar-refractivity contribution in [3.05, 3.63) is 61.4 Å². The van der Waals surface area contributed by atoms with Gasteiger partial charge in [-0.25, -0.2) is 4.79 Å². The molecule has 3 rings (SSSR count). The van der Waals surface area contributed by atoms with Gasteiger partial charge in [0, 0.05) is 24.6 Å². The van der Waals surface area contributed by atoms with Gasteiger partial charge >= 0.3 is 17.6 Å². The van der Waals surface area contributed by atoms with Crippen LogP contribution < -0.4 is 16.6 Å². The molecule has 1 aliphatic rings. The van der Waals surface area contributed by atoms with Crippen molar-refractivity contribution in [2.45, 2.75) is 57.8 Å². The molecule has 1 aromatic carbocycles. The molecule has 13 nitrogen and oxygen atoms in total. The molecule has 0 radical (unpaired) electrons. The number of hydrogen-bond acceptors (Lipinski definition) is 10. The third-order valence-electron chi connectivity index (χ3n) is 5.55. The summed E-state index contributed by atoms with van der Waals surface area (Å²) in [5.41, 5.74) is -1.44. The van der Waals surface area contributed by atoms with Gasteiger partial charge < -0.3 is 24.3 Å². The lowest BCUT2D eigenvalue weighted by atomic mass is 9.99. The van der Waals surface area contributed by atoms with E-state index in [1.807, 2.05) is 0 Å². The lowest BCUT2D eigenvalue weighted by molar-refractivity contribution is -0.157. The predicted octanol–water partition coefficient (Wildman–Crippen LogP) is 0.489. The minimum atomic E-state index is -1.35. The third-order valence-corrected chi connectivity index (χ3v) is 5.78. The molecule has 5 atom stereocenters. The number of methoxy groups -OCH3 is 1. The standard InChI is InChI=1S/C23H27ClN4O9/c1-5-35-16(30)10-15(25-21(32)13-7-6-8-14(24)9-13)17-18(34-4)19(36-12(3)29)22(37-17)28-23(33)26-20(31)11(2)27-28/h6-9,15,17-19,22H,5,10H2,1-4H3,(H,25,32)(H,26,31,33)/t15?,17?,18-,19+,22-/m0/s1. The number of halogens is 1. The first-order chi connectivity index (χ1) is 17.5. The third kappa shape index (κ3) is 6.61. The van der Waals surface area contributed by atoms with Gasteiger partial charge in [0.15, 0.2) is 12.3 Å². The highest BCUT2D eigenvalue weighted by Gasteiger charge is 2.52. The summed E-state index contributed by atoms with van der Waals surface area (Å²) in [6.07, 6.45) is -5.09. The van der Waals surface area contributed by atoms with Gasteiger partial charge in [-0.15, -0.1) is 0 Å². The average Bonchev–Trinajstić information content (AvgIpc) is 3.18. The molecular weight excluding hydrogens is 512 g/mol. The molecular formula is C23H27ClN4O9. The van der Waals surface area contributed by atoms with Crippen molar-refractivity contribution in [3.63, 3.8) is 0 Å². The second kappa shape index (κ2) is 12.1. The lowest BCUT2D eigenvalue weighted by Gasteiger charge is -2.28. The number of nitrogens with one attached hydrogen (secondary N) is 2. The van der Waals surface area contributed by atoms with Crippen LogP contribution in [0.4, 0.5) is 0 Å². The Hall–Kier alpha value is -3.55. The normalized spacial score (nSPS) is 21.8. The molecule has 0 spiro atoms. The van der Waals surface area contributed by atoms with Gasteiger partial charge in [-0.1, -0.05) is 17.7 Å². The molecule has 1 aromatic heterocycles. The Labute approximate surface area is 216 Å². The maximum atomic E-state index is 13.0. The topological polar surface area (TPSA) is 168 Å². The van der Waals surface area contributed by atoms with E-state index < -0.39 is 59.7 Å². The Kier molecular flexibility index (Phi) is 9.18. The number of ether oxygens (including phenoxy) is 4. The van der Waals surface area contributed by atoms with E-state index >= 15 is 0 Å². The van der Waals surface area contributed by atoms with Gasteiger partial charge in [-0.05, 0) is 32.0 Å². The summed E-state index contributed by atoms with van der Waals surface area (Å²) >= 11 is 6.01. The molecule has 14 heteroatoms. The summed E-state index contributed by atoms with van der Waals surface area (Å²) < 4.78 is 22.9. The minimum absolute atomic E-state index is 0.0421. The van der Waals surface area contributed by atoms with Crippen LogP contribution in [0.1, 0.15) is 42.5 Å². The largest absolute Gasteiger partial charge is 0.466 e. The Balaban J connectivity index is 2.03. The van der Waals surface area contributed by atoms with Crippen LogP contribution in [0.15, 0.2) is 33.9 Å². The summed E-state index contributed by atoms with van der Waals surface area (Å²) in [7, 11) is 1.31. The molecule has 1 aliphatic heterocycles. The Morgan fingerprint density at radius 2 is 2.00 bits per heavy atom. The van der Waals surface area contributed by atoms with Gasteiger partial charge in [-0.3, -0.25) is 24.2 Å². The molecule has 0 saturated carbocycles. The molecule has 2 aromatic rings.